The lowest BCUT2D eigenvalue weighted by Crippen LogP contribution is -2.45. The van der Waals surface area contributed by atoms with Crippen molar-refractivity contribution in [3.05, 3.63) is 63.8 Å². The number of hydrogen-bond donors (Lipinski definition) is 3. The summed E-state index contributed by atoms with van der Waals surface area (Å²) in [4.78, 5) is 13.3. The number of carbonyl (C=O) groups excluding carboxylic acids is 1. The summed E-state index contributed by atoms with van der Waals surface area (Å²) in [6, 6.07) is 10.3. The molecule has 2 aromatic rings. The molecule has 0 aliphatic carbocycles. The van der Waals surface area contributed by atoms with E-state index in [2.05, 4.69) is 16.0 Å². The van der Waals surface area contributed by atoms with Gasteiger partial charge in [-0.2, -0.15) is 0 Å². The summed E-state index contributed by atoms with van der Waals surface area (Å²) in [5, 5.41) is 10.2. The number of hydrogen-bond acceptors (Lipinski definition) is 4. The number of methoxy groups -OCH3 is 2. The largest absolute Gasteiger partial charge is 0.497 e. The summed E-state index contributed by atoms with van der Waals surface area (Å²) in [5.41, 5.74) is 3.32. The quantitative estimate of drug-likeness (QED) is 0.619. The molecule has 152 valence electrons. The second kappa shape index (κ2) is 8.71. The van der Waals surface area contributed by atoms with Crippen molar-refractivity contribution in [2.45, 2.75) is 19.9 Å². The minimum absolute atomic E-state index is 0.273. The molecule has 1 aliphatic rings. The van der Waals surface area contributed by atoms with Crippen molar-refractivity contribution in [2.24, 2.45) is 0 Å². The molecule has 8 heteroatoms. The topological polar surface area (TPSA) is 71.6 Å². The van der Waals surface area contributed by atoms with Gasteiger partial charge in [-0.1, -0.05) is 17.7 Å². The number of amides is 1. The third kappa shape index (κ3) is 4.31. The fourth-order valence-electron chi connectivity index (χ4n) is 3.23. The lowest BCUT2D eigenvalue weighted by Gasteiger charge is -2.31. The van der Waals surface area contributed by atoms with Gasteiger partial charge in [-0.25, -0.2) is 0 Å². The predicted molar refractivity (Wildman–Crippen MR) is 119 cm³/mol. The molecule has 0 radical (unpaired) electrons. The summed E-state index contributed by atoms with van der Waals surface area (Å²) >= 11 is 11.5. The van der Waals surface area contributed by atoms with E-state index in [1.54, 1.807) is 38.5 Å². The summed E-state index contributed by atoms with van der Waals surface area (Å²) in [6.45, 7) is 3.67. The fraction of sp³-hybridized carbons (Fsp3) is 0.238. The van der Waals surface area contributed by atoms with Gasteiger partial charge in [0.15, 0.2) is 5.11 Å². The molecule has 2 aromatic carbocycles. The number of thiocarbonyl (C=S) groups is 1. The van der Waals surface area contributed by atoms with Crippen LogP contribution in [-0.4, -0.2) is 25.2 Å². The molecule has 0 spiro atoms. The number of benzene rings is 2. The lowest BCUT2D eigenvalue weighted by atomic mass is 9.93. The van der Waals surface area contributed by atoms with Gasteiger partial charge in [-0.15, -0.1) is 0 Å². The van der Waals surface area contributed by atoms with Crippen LogP contribution in [0.2, 0.25) is 5.02 Å². The molecular formula is C21H22ClN3O3S. The molecule has 0 unspecified atom stereocenters. The van der Waals surface area contributed by atoms with Gasteiger partial charge in [0, 0.05) is 22.0 Å². The molecule has 3 N–H and O–H groups in total. The number of allylic oxidation sites excluding steroid dienone is 1. The number of carbonyl (C=O) groups is 1. The Morgan fingerprint density at radius 1 is 1.17 bits per heavy atom. The number of rotatable bonds is 5. The van der Waals surface area contributed by atoms with Crippen LogP contribution in [0.1, 0.15) is 24.1 Å². The van der Waals surface area contributed by atoms with Crippen LogP contribution in [0.5, 0.6) is 11.5 Å². The van der Waals surface area contributed by atoms with E-state index in [4.69, 9.17) is 33.3 Å². The van der Waals surface area contributed by atoms with Crippen LogP contribution < -0.4 is 25.4 Å². The Labute approximate surface area is 180 Å². The molecule has 1 atom stereocenters. The van der Waals surface area contributed by atoms with E-state index in [9.17, 15) is 4.79 Å². The minimum atomic E-state index is -0.520. The highest BCUT2D eigenvalue weighted by molar-refractivity contribution is 7.80. The summed E-state index contributed by atoms with van der Waals surface area (Å²) < 4.78 is 10.9. The van der Waals surface area contributed by atoms with Crippen LogP contribution in [-0.2, 0) is 4.79 Å². The molecule has 1 amide bonds. The molecule has 0 bridgehead atoms. The summed E-state index contributed by atoms with van der Waals surface area (Å²) in [5.74, 6) is 0.991. The minimum Gasteiger partial charge on any atom is -0.497 e. The fourth-order valence-corrected chi connectivity index (χ4v) is 3.67. The van der Waals surface area contributed by atoms with Crippen molar-refractivity contribution < 1.29 is 14.3 Å². The molecule has 1 aliphatic heterocycles. The first-order valence-electron chi connectivity index (χ1n) is 8.92. The average Bonchev–Trinajstić information content (AvgIpc) is 2.70. The molecule has 0 fully saturated rings. The molecule has 29 heavy (non-hydrogen) atoms. The van der Waals surface area contributed by atoms with E-state index in [0.29, 0.717) is 38.6 Å². The molecule has 0 saturated heterocycles. The zero-order chi connectivity index (χ0) is 21.1. The van der Waals surface area contributed by atoms with E-state index in [0.717, 1.165) is 11.1 Å². The number of anilines is 1. The van der Waals surface area contributed by atoms with E-state index >= 15 is 0 Å². The number of nitrogens with one attached hydrogen (secondary N) is 3. The van der Waals surface area contributed by atoms with Crippen LogP contribution in [0.4, 0.5) is 5.69 Å². The van der Waals surface area contributed by atoms with Gasteiger partial charge in [0.25, 0.3) is 5.91 Å². The van der Waals surface area contributed by atoms with E-state index in [1.165, 1.54) is 0 Å². The van der Waals surface area contributed by atoms with E-state index < -0.39 is 6.04 Å². The normalized spacial score (nSPS) is 16.0. The van der Waals surface area contributed by atoms with Crippen molar-refractivity contribution in [3.8, 4) is 11.5 Å². The first-order chi connectivity index (χ1) is 13.8. The van der Waals surface area contributed by atoms with Gasteiger partial charge in [-0.05, 0) is 62.0 Å². The molecular weight excluding hydrogens is 410 g/mol. The highest BCUT2D eigenvalue weighted by Gasteiger charge is 2.32. The Bertz CT molecular complexity index is 1010. The van der Waals surface area contributed by atoms with Crippen LogP contribution in [0.3, 0.4) is 0 Å². The van der Waals surface area contributed by atoms with Crippen molar-refractivity contribution >= 4 is 40.5 Å². The van der Waals surface area contributed by atoms with Crippen LogP contribution >= 0.6 is 23.8 Å². The monoisotopic (exact) mass is 431 g/mol. The molecule has 0 aromatic heterocycles. The van der Waals surface area contributed by atoms with E-state index in [-0.39, 0.29) is 5.91 Å². The van der Waals surface area contributed by atoms with Gasteiger partial charge in [0.1, 0.15) is 11.5 Å². The molecule has 3 rings (SSSR count). The van der Waals surface area contributed by atoms with E-state index in [1.807, 2.05) is 26.0 Å². The first kappa shape index (κ1) is 21.0. The van der Waals surface area contributed by atoms with Gasteiger partial charge in [0.05, 0.1) is 25.8 Å². The zero-order valence-electron chi connectivity index (χ0n) is 16.6. The van der Waals surface area contributed by atoms with Gasteiger partial charge < -0.3 is 25.4 Å². The number of ether oxygens (including phenoxy) is 2. The highest BCUT2D eigenvalue weighted by Crippen LogP contribution is 2.36. The van der Waals surface area contributed by atoms with Crippen molar-refractivity contribution in [1.82, 2.24) is 10.6 Å². The predicted octanol–water partition coefficient (Wildman–Crippen LogP) is 4.10. The van der Waals surface area contributed by atoms with Gasteiger partial charge in [-0.3, -0.25) is 4.79 Å². The number of halogens is 1. The first-order valence-corrected chi connectivity index (χ1v) is 9.71. The molecule has 1 heterocycles. The van der Waals surface area contributed by atoms with Crippen molar-refractivity contribution in [3.63, 3.8) is 0 Å². The smallest absolute Gasteiger partial charge is 0.255 e. The van der Waals surface area contributed by atoms with Gasteiger partial charge in [0.2, 0.25) is 0 Å². The Morgan fingerprint density at radius 2 is 1.93 bits per heavy atom. The SMILES string of the molecule is COc1ccc(OC)c([C@H]2NC(=S)NC(C)=C2C(=O)Nc2cccc(Cl)c2C)c1. The average molecular weight is 432 g/mol. The van der Waals surface area contributed by atoms with Crippen molar-refractivity contribution in [2.75, 3.05) is 19.5 Å². The maximum Gasteiger partial charge on any atom is 0.255 e. The Hall–Kier alpha value is -2.77. The summed E-state index contributed by atoms with van der Waals surface area (Å²) in [7, 11) is 3.17. The van der Waals surface area contributed by atoms with Crippen molar-refractivity contribution in [1.29, 1.82) is 0 Å². The molecule has 6 nitrogen and oxygen atoms in total. The van der Waals surface area contributed by atoms with Gasteiger partial charge >= 0.3 is 0 Å². The highest BCUT2D eigenvalue weighted by atomic mass is 35.5. The van der Waals surface area contributed by atoms with Crippen LogP contribution in [0, 0.1) is 6.92 Å². The lowest BCUT2D eigenvalue weighted by molar-refractivity contribution is -0.113. The Morgan fingerprint density at radius 3 is 2.62 bits per heavy atom. The van der Waals surface area contributed by atoms with Crippen LogP contribution in [0.15, 0.2) is 47.7 Å². The maximum atomic E-state index is 13.3. The Balaban J connectivity index is 2.05. The third-order valence-corrected chi connectivity index (χ3v) is 5.41. The second-order valence-corrected chi connectivity index (χ2v) is 7.36. The van der Waals surface area contributed by atoms with Crippen LogP contribution in [0.25, 0.3) is 0 Å². The zero-order valence-corrected chi connectivity index (χ0v) is 18.1. The molecule has 0 saturated carbocycles. The second-order valence-electron chi connectivity index (χ2n) is 6.54. The third-order valence-electron chi connectivity index (χ3n) is 4.78. The summed E-state index contributed by atoms with van der Waals surface area (Å²) in [6.07, 6.45) is 0. The standard InChI is InChI=1S/C21H22ClN3O3S/c1-11-15(22)6-5-7-16(11)24-20(26)18-12(2)23-21(29)25-19(18)14-10-13(27-3)8-9-17(14)28-4/h5-10,19H,1-4H3,(H,24,26)(H2,23,25,29)/t19-/m1/s1. The Kier molecular flexibility index (Phi) is 6.30. The maximum absolute atomic E-state index is 13.3.